The number of benzene rings is 1. The maximum atomic E-state index is 5.06. The molecule has 0 spiro atoms. The van der Waals surface area contributed by atoms with Gasteiger partial charge in [0.25, 0.3) is 0 Å². The molecule has 76 valence electrons. The molecule has 1 rings (SSSR count). The van der Waals surface area contributed by atoms with Crippen LogP contribution in [0, 0.1) is 0 Å². The lowest BCUT2D eigenvalue weighted by Crippen LogP contribution is -1.88. The second-order valence-corrected chi connectivity index (χ2v) is 2.82. The van der Waals surface area contributed by atoms with E-state index in [9.17, 15) is 0 Å². The van der Waals surface area contributed by atoms with Gasteiger partial charge in [0.2, 0.25) is 0 Å². The van der Waals surface area contributed by atoms with E-state index in [1.165, 1.54) is 0 Å². The number of ether oxygens (including phenoxy) is 1. The van der Waals surface area contributed by atoms with Crippen LogP contribution in [-0.4, -0.2) is 13.3 Å². The van der Waals surface area contributed by atoms with Crippen LogP contribution < -0.4 is 4.74 Å². The molecule has 0 aliphatic heterocycles. The second kappa shape index (κ2) is 6.02. The molecule has 1 aromatic rings. The van der Waals surface area contributed by atoms with Crippen LogP contribution in [0.25, 0.3) is 0 Å². The highest BCUT2D eigenvalue weighted by Crippen LogP contribution is 2.11. The van der Waals surface area contributed by atoms with E-state index in [1.54, 1.807) is 13.3 Å². The molecular weight excluding hydrogens is 178 g/mol. The first-order valence-corrected chi connectivity index (χ1v) is 4.63. The summed E-state index contributed by atoms with van der Waals surface area (Å²) >= 11 is 0. The summed E-state index contributed by atoms with van der Waals surface area (Å²) in [5.74, 6) is 0.853. The zero-order valence-electron chi connectivity index (χ0n) is 8.56. The van der Waals surface area contributed by atoms with E-state index in [1.807, 2.05) is 31.2 Å². The van der Waals surface area contributed by atoms with E-state index in [-0.39, 0.29) is 0 Å². The number of oxime groups is 1. The zero-order valence-corrected chi connectivity index (χ0v) is 8.56. The smallest absolute Gasteiger partial charge is 0.142 e. The maximum absolute atomic E-state index is 5.06. The van der Waals surface area contributed by atoms with Crippen molar-refractivity contribution in [1.82, 2.24) is 0 Å². The Morgan fingerprint density at radius 2 is 2.00 bits per heavy atom. The summed E-state index contributed by atoms with van der Waals surface area (Å²) in [5.41, 5.74) is 1.08. The van der Waals surface area contributed by atoms with Gasteiger partial charge in [0.1, 0.15) is 12.4 Å². The molecule has 0 N–H and O–H groups in total. The van der Waals surface area contributed by atoms with Crippen molar-refractivity contribution < 1.29 is 9.57 Å². The maximum Gasteiger partial charge on any atom is 0.142 e. The molecule has 0 unspecified atom stereocenters. The van der Waals surface area contributed by atoms with Crippen molar-refractivity contribution in [2.45, 2.75) is 20.0 Å². The van der Waals surface area contributed by atoms with Crippen molar-refractivity contribution in [3.05, 3.63) is 29.8 Å². The predicted molar refractivity (Wildman–Crippen MR) is 56.6 cm³/mol. The average molecular weight is 193 g/mol. The molecule has 0 fully saturated rings. The topological polar surface area (TPSA) is 30.8 Å². The predicted octanol–water partition coefficient (Wildman–Crippen LogP) is 2.61. The van der Waals surface area contributed by atoms with Gasteiger partial charge in [0.05, 0.1) is 7.11 Å². The van der Waals surface area contributed by atoms with Gasteiger partial charge in [-0.3, -0.25) is 0 Å². The standard InChI is InChI=1S/C11H15NO2/c1-3-8-12-14-9-10-4-6-11(13-2)7-5-10/h4-8H,3,9H2,1-2H3/b12-8+. The van der Waals surface area contributed by atoms with Crippen molar-refractivity contribution in [2.75, 3.05) is 7.11 Å². The van der Waals surface area contributed by atoms with Gasteiger partial charge < -0.3 is 9.57 Å². The number of hydrogen-bond donors (Lipinski definition) is 0. The van der Waals surface area contributed by atoms with E-state index < -0.39 is 0 Å². The third-order valence-corrected chi connectivity index (χ3v) is 1.72. The molecule has 0 heterocycles. The summed E-state index contributed by atoms with van der Waals surface area (Å²) in [7, 11) is 1.65. The minimum atomic E-state index is 0.500. The monoisotopic (exact) mass is 193 g/mol. The molecule has 1 aromatic carbocycles. The minimum absolute atomic E-state index is 0.500. The number of rotatable bonds is 5. The van der Waals surface area contributed by atoms with Crippen LogP contribution in [0.2, 0.25) is 0 Å². The normalized spacial score (nSPS) is 10.4. The van der Waals surface area contributed by atoms with Crippen molar-refractivity contribution in [3.8, 4) is 5.75 Å². The summed E-state index contributed by atoms with van der Waals surface area (Å²) in [5, 5.41) is 3.77. The molecule has 0 atom stereocenters. The number of nitrogens with zero attached hydrogens (tertiary/aromatic N) is 1. The van der Waals surface area contributed by atoms with Crippen LogP contribution in [0.15, 0.2) is 29.4 Å². The molecule has 0 aliphatic rings. The summed E-state index contributed by atoms with van der Waals surface area (Å²) in [6, 6.07) is 7.73. The highest BCUT2D eigenvalue weighted by molar-refractivity contribution is 5.55. The van der Waals surface area contributed by atoms with Crippen LogP contribution in [0.4, 0.5) is 0 Å². The Labute approximate surface area is 84.3 Å². The van der Waals surface area contributed by atoms with Crippen molar-refractivity contribution >= 4 is 6.21 Å². The fourth-order valence-electron chi connectivity index (χ4n) is 0.961. The Morgan fingerprint density at radius 3 is 2.57 bits per heavy atom. The Hall–Kier alpha value is -1.51. The van der Waals surface area contributed by atoms with Crippen LogP contribution in [0.3, 0.4) is 0 Å². The van der Waals surface area contributed by atoms with E-state index in [4.69, 9.17) is 9.57 Å². The van der Waals surface area contributed by atoms with Crippen molar-refractivity contribution in [3.63, 3.8) is 0 Å². The summed E-state index contributed by atoms with van der Waals surface area (Å²) in [6.45, 7) is 2.51. The Bertz CT molecular complexity index is 280. The van der Waals surface area contributed by atoms with Gasteiger partial charge in [0.15, 0.2) is 0 Å². The van der Waals surface area contributed by atoms with Crippen molar-refractivity contribution in [2.24, 2.45) is 5.16 Å². The molecule has 0 radical (unpaired) electrons. The number of methoxy groups -OCH3 is 1. The molecule has 0 bridgehead atoms. The third-order valence-electron chi connectivity index (χ3n) is 1.72. The zero-order chi connectivity index (χ0) is 10.2. The highest BCUT2D eigenvalue weighted by Gasteiger charge is 1.93. The Kier molecular flexibility index (Phi) is 4.55. The van der Waals surface area contributed by atoms with Gasteiger partial charge >= 0.3 is 0 Å². The van der Waals surface area contributed by atoms with Crippen LogP contribution in [0.5, 0.6) is 5.75 Å². The first kappa shape index (κ1) is 10.6. The molecule has 3 nitrogen and oxygen atoms in total. The van der Waals surface area contributed by atoms with E-state index in [0.717, 1.165) is 17.7 Å². The van der Waals surface area contributed by atoms with Gasteiger partial charge in [-0.15, -0.1) is 0 Å². The minimum Gasteiger partial charge on any atom is -0.497 e. The summed E-state index contributed by atoms with van der Waals surface area (Å²) < 4.78 is 5.04. The van der Waals surface area contributed by atoms with E-state index in [2.05, 4.69) is 5.16 Å². The fourth-order valence-corrected chi connectivity index (χ4v) is 0.961. The lowest BCUT2D eigenvalue weighted by Gasteiger charge is -2.01. The van der Waals surface area contributed by atoms with E-state index in [0.29, 0.717) is 6.61 Å². The molecular formula is C11H15NO2. The highest BCUT2D eigenvalue weighted by atomic mass is 16.6. The molecule has 0 aliphatic carbocycles. The summed E-state index contributed by atoms with van der Waals surface area (Å²) in [6.07, 6.45) is 2.63. The Balaban J connectivity index is 2.40. The number of hydrogen-bond acceptors (Lipinski definition) is 3. The van der Waals surface area contributed by atoms with Crippen molar-refractivity contribution in [1.29, 1.82) is 0 Å². The first-order valence-electron chi connectivity index (χ1n) is 4.63. The molecule has 14 heavy (non-hydrogen) atoms. The van der Waals surface area contributed by atoms with Crippen LogP contribution in [0.1, 0.15) is 18.9 Å². The first-order chi connectivity index (χ1) is 6.86. The van der Waals surface area contributed by atoms with Gasteiger partial charge in [-0.2, -0.15) is 0 Å². The Morgan fingerprint density at radius 1 is 1.29 bits per heavy atom. The molecule has 0 saturated carbocycles. The molecule has 0 saturated heterocycles. The SMILES string of the molecule is CC/C=N/OCc1ccc(OC)cc1. The van der Waals surface area contributed by atoms with E-state index >= 15 is 0 Å². The van der Waals surface area contributed by atoms with Gasteiger partial charge in [-0.05, 0) is 24.1 Å². The third kappa shape index (κ3) is 3.47. The average Bonchev–Trinajstić information content (AvgIpc) is 2.25. The van der Waals surface area contributed by atoms with Gasteiger partial charge in [0, 0.05) is 6.21 Å². The fraction of sp³-hybridized carbons (Fsp3) is 0.364. The lowest BCUT2D eigenvalue weighted by molar-refractivity contribution is 0.131. The van der Waals surface area contributed by atoms with Gasteiger partial charge in [-0.25, -0.2) is 0 Å². The van der Waals surface area contributed by atoms with Crippen LogP contribution >= 0.6 is 0 Å². The second-order valence-electron chi connectivity index (χ2n) is 2.82. The molecule has 3 heteroatoms. The largest absolute Gasteiger partial charge is 0.497 e. The lowest BCUT2D eigenvalue weighted by atomic mass is 10.2. The molecule has 0 amide bonds. The quantitative estimate of drug-likeness (QED) is 0.531. The van der Waals surface area contributed by atoms with Gasteiger partial charge in [-0.1, -0.05) is 24.2 Å². The molecule has 0 aromatic heterocycles. The summed E-state index contributed by atoms with van der Waals surface area (Å²) in [4.78, 5) is 5.06. The van der Waals surface area contributed by atoms with Crippen LogP contribution in [-0.2, 0) is 11.4 Å².